The van der Waals surface area contributed by atoms with Crippen LogP contribution in [0.2, 0.25) is 5.02 Å². The fourth-order valence-corrected chi connectivity index (χ4v) is 4.21. The van der Waals surface area contributed by atoms with Gasteiger partial charge in [-0.15, -0.1) is 11.3 Å². The highest BCUT2D eigenvalue weighted by molar-refractivity contribution is 7.13. The van der Waals surface area contributed by atoms with Crippen molar-refractivity contribution in [3.05, 3.63) is 89.7 Å². The summed E-state index contributed by atoms with van der Waals surface area (Å²) in [6.07, 6.45) is 0. The third-order valence-electron chi connectivity index (χ3n) is 4.69. The van der Waals surface area contributed by atoms with Crippen LogP contribution in [0.25, 0.3) is 16.6 Å². The number of ether oxygens (including phenoxy) is 1. The molecule has 2 aromatic heterocycles. The number of aromatic nitrogens is 2. The van der Waals surface area contributed by atoms with Gasteiger partial charge in [-0.2, -0.15) is 0 Å². The second kappa shape index (κ2) is 8.38. The van der Waals surface area contributed by atoms with Gasteiger partial charge in [0.2, 0.25) is 0 Å². The number of aromatic amines is 1. The minimum absolute atomic E-state index is 0.0605. The van der Waals surface area contributed by atoms with E-state index in [1.807, 2.05) is 12.1 Å². The number of thiophene rings is 1. The zero-order chi connectivity index (χ0) is 22.1. The van der Waals surface area contributed by atoms with Gasteiger partial charge in [0, 0.05) is 11.4 Å². The van der Waals surface area contributed by atoms with Crippen molar-refractivity contribution in [2.75, 3.05) is 0 Å². The van der Waals surface area contributed by atoms with Gasteiger partial charge in [0.05, 0.1) is 28.2 Å². The lowest BCUT2D eigenvalue weighted by Crippen LogP contribution is -2.34. The highest BCUT2D eigenvalue weighted by Crippen LogP contribution is 2.26. The molecule has 0 saturated heterocycles. The van der Waals surface area contributed by atoms with Gasteiger partial charge in [0.25, 0.3) is 5.56 Å². The summed E-state index contributed by atoms with van der Waals surface area (Å²) in [4.78, 5) is 39.4. The van der Waals surface area contributed by atoms with Crippen LogP contribution in [0.1, 0.15) is 20.8 Å². The number of carboxylic acids is 1. The number of aliphatic hydroxyl groups excluding tert-OH is 1. The molecular weight excluding hydrogens is 444 g/mol. The van der Waals surface area contributed by atoms with E-state index in [1.54, 1.807) is 18.2 Å². The van der Waals surface area contributed by atoms with E-state index in [0.29, 0.717) is 11.3 Å². The Bertz CT molecular complexity index is 1420. The molecule has 0 atom stereocenters. The molecule has 0 bridgehead atoms. The minimum atomic E-state index is -1.26. The van der Waals surface area contributed by atoms with E-state index in [9.17, 15) is 24.6 Å². The summed E-state index contributed by atoms with van der Waals surface area (Å²) < 4.78 is 6.57. The fourth-order valence-electron chi connectivity index (χ4n) is 3.18. The van der Waals surface area contributed by atoms with Crippen molar-refractivity contribution in [1.29, 1.82) is 0 Å². The van der Waals surface area contributed by atoms with Crippen molar-refractivity contribution in [3.63, 3.8) is 0 Å². The number of carboxylic acid groups (broad SMARTS) is 1. The van der Waals surface area contributed by atoms with Gasteiger partial charge >= 0.3 is 11.7 Å². The second-order valence-electron chi connectivity index (χ2n) is 6.56. The normalized spacial score (nSPS) is 11.0. The van der Waals surface area contributed by atoms with Crippen LogP contribution in [0.3, 0.4) is 0 Å². The van der Waals surface area contributed by atoms with Crippen molar-refractivity contribution in [3.8, 4) is 11.4 Å². The summed E-state index contributed by atoms with van der Waals surface area (Å²) in [6.45, 7) is 0.0124. The number of rotatable bonds is 6. The molecule has 2 heterocycles. The average Bonchev–Trinajstić information content (AvgIpc) is 3.18. The summed E-state index contributed by atoms with van der Waals surface area (Å²) in [7, 11) is 0. The molecule has 4 aromatic rings. The van der Waals surface area contributed by atoms with Gasteiger partial charge in [0.15, 0.2) is 0 Å². The van der Waals surface area contributed by atoms with Gasteiger partial charge in [-0.3, -0.25) is 4.79 Å². The highest BCUT2D eigenvalue weighted by Gasteiger charge is 2.20. The molecule has 0 aliphatic rings. The summed E-state index contributed by atoms with van der Waals surface area (Å²) in [5.41, 5.74) is 0.165. The quantitative estimate of drug-likeness (QED) is 0.408. The molecule has 0 unspecified atom stereocenters. The van der Waals surface area contributed by atoms with Gasteiger partial charge in [-0.25, -0.2) is 14.2 Å². The molecule has 4 rings (SSSR count). The molecule has 8 nitrogen and oxygen atoms in total. The van der Waals surface area contributed by atoms with Crippen LogP contribution in [0.4, 0.5) is 0 Å². The lowest BCUT2D eigenvalue weighted by molar-refractivity contribution is 0.0704. The smallest absolute Gasteiger partial charge is 0.346 e. The maximum atomic E-state index is 13.0. The molecule has 10 heteroatoms. The summed E-state index contributed by atoms with van der Waals surface area (Å²) in [5.74, 6) is -0.927. The van der Waals surface area contributed by atoms with E-state index in [1.165, 1.54) is 17.5 Å². The molecule has 0 saturated carbocycles. The highest BCUT2D eigenvalue weighted by atomic mass is 35.5. The Morgan fingerprint density at radius 2 is 1.90 bits per heavy atom. The van der Waals surface area contributed by atoms with Crippen LogP contribution in [0.5, 0.6) is 5.75 Å². The number of halogens is 1. The molecular formula is C21H15ClN2O6S. The summed E-state index contributed by atoms with van der Waals surface area (Å²) in [5, 5.41) is 20.2. The summed E-state index contributed by atoms with van der Waals surface area (Å²) in [6, 6.07) is 11.7. The lowest BCUT2D eigenvalue weighted by Gasteiger charge is -2.12. The van der Waals surface area contributed by atoms with E-state index in [4.69, 9.17) is 16.3 Å². The standard InChI is InChI=1S/C21H15ClN2O6S/c22-14-6-5-13(30-9-12-4-2-1-3-11(12)8-25)7-16(14)24-19(26)17-15(23-21(24)29)10-31-18(17)20(27)28/h1-7,10,25H,8-9H2,(H,23,29)(H,27,28). The van der Waals surface area contributed by atoms with Gasteiger partial charge in [-0.05, 0) is 23.3 Å². The van der Waals surface area contributed by atoms with Crippen molar-refractivity contribution in [2.24, 2.45) is 0 Å². The van der Waals surface area contributed by atoms with Crippen molar-refractivity contribution in [2.45, 2.75) is 13.2 Å². The van der Waals surface area contributed by atoms with Gasteiger partial charge in [0.1, 0.15) is 17.2 Å². The second-order valence-corrected chi connectivity index (χ2v) is 7.84. The van der Waals surface area contributed by atoms with Crippen molar-refractivity contribution >= 4 is 39.8 Å². The average molecular weight is 459 g/mol. The maximum Gasteiger partial charge on any atom is 0.346 e. The Labute approximate surface area is 183 Å². The molecule has 0 amide bonds. The number of carbonyl (C=O) groups is 1. The molecule has 3 N–H and O–H groups in total. The first kappa shape index (κ1) is 20.9. The van der Waals surface area contributed by atoms with Crippen molar-refractivity contribution < 1.29 is 19.7 Å². The Balaban J connectivity index is 1.78. The number of hydrogen-bond acceptors (Lipinski definition) is 6. The number of H-pyrrole nitrogens is 1. The van der Waals surface area contributed by atoms with Gasteiger partial charge in [-0.1, -0.05) is 35.9 Å². The van der Waals surface area contributed by atoms with Crippen LogP contribution < -0.4 is 16.0 Å². The monoisotopic (exact) mass is 458 g/mol. The number of nitrogens with one attached hydrogen (secondary N) is 1. The fraction of sp³-hybridized carbons (Fsp3) is 0.0952. The third-order valence-corrected chi connectivity index (χ3v) is 5.98. The minimum Gasteiger partial charge on any atom is -0.489 e. The Hall–Kier alpha value is -3.40. The predicted octanol–water partition coefficient (Wildman–Crippen LogP) is 3.16. The van der Waals surface area contributed by atoms with E-state index in [2.05, 4.69) is 4.98 Å². The Morgan fingerprint density at radius 3 is 2.61 bits per heavy atom. The first-order chi connectivity index (χ1) is 14.9. The van der Waals surface area contributed by atoms with Crippen LogP contribution in [0, 0.1) is 0 Å². The molecule has 31 heavy (non-hydrogen) atoms. The molecule has 0 spiro atoms. The van der Waals surface area contributed by atoms with E-state index < -0.39 is 17.2 Å². The first-order valence-electron chi connectivity index (χ1n) is 9.01. The largest absolute Gasteiger partial charge is 0.489 e. The van der Waals surface area contributed by atoms with E-state index in [0.717, 1.165) is 21.5 Å². The molecule has 0 fully saturated rings. The number of fused-ring (bicyclic) bond motifs is 1. The number of hydrogen-bond donors (Lipinski definition) is 3. The van der Waals surface area contributed by atoms with Gasteiger partial charge < -0.3 is 19.9 Å². The molecule has 0 aliphatic carbocycles. The SMILES string of the molecule is O=C(O)c1scc2[nH]c(=O)n(-c3cc(OCc4ccccc4CO)ccc3Cl)c(=O)c12. The van der Waals surface area contributed by atoms with Crippen LogP contribution in [-0.4, -0.2) is 25.7 Å². The number of aliphatic hydroxyl groups is 1. The Morgan fingerprint density at radius 1 is 1.16 bits per heavy atom. The molecule has 0 radical (unpaired) electrons. The maximum absolute atomic E-state index is 13.0. The molecule has 158 valence electrons. The van der Waals surface area contributed by atoms with Crippen molar-refractivity contribution in [1.82, 2.24) is 9.55 Å². The van der Waals surface area contributed by atoms with Crippen LogP contribution >= 0.6 is 22.9 Å². The van der Waals surface area contributed by atoms with Crippen LogP contribution in [0.15, 0.2) is 57.4 Å². The molecule has 2 aromatic carbocycles. The third kappa shape index (κ3) is 3.86. The zero-order valence-corrected chi connectivity index (χ0v) is 17.4. The Kier molecular flexibility index (Phi) is 5.64. The van der Waals surface area contributed by atoms with E-state index >= 15 is 0 Å². The molecule has 0 aliphatic heterocycles. The summed E-state index contributed by atoms with van der Waals surface area (Å²) >= 11 is 7.11. The van der Waals surface area contributed by atoms with E-state index in [-0.39, 0.29) is 39.7 Å². The topological polar surface area (TPSA) is 122 Å². The number of nitrogens with zero attached hydrogens (tertiary/aromatic N) is 1. The van der Waals surface area contributed by atoms with Crippen LogP contribution in [-0.2, 0) is 13.2 Å². The number of benzene rings is 2. The lowest BCUT2D eigenvalue weighted by atomic mass is 10.1. The predicted molar refractivity (Wildman–Crippen MR) is 117 cm³/mol. The zero-order valence-electron chi connectivity index (χ0n) is 15.8. The first-order valence-corrected chi connectivity index (χ1v) is 10.3. The number of aromatic carboxylic acids is 1.